The Morgan fingerprint density at radius 3 is 2.52 bits per heavy atom. The largest absolute Gasteiger partial charge is 0.457 e. The summed E-state index contributed by atoms with van der Waals surface area (Å²) in [7, 11) is 0. The van der Waals surface area contributed by atoms with Crippen molar-refractivity contribution >= 4 is 57.1 Å². The highest BCUT2D eigenvalue weighted by Gasteiger charge is 2.26. The number of rotatable bonds is 3. The van der Waals surface area contributed by atoms with Crippen molar-refractivity contribution in [2.24, 2.45) is 4.99 Å². The van der Waals surface area contributed by atoms with Crippen molar-refractivity contribution in [2.45, 2.75) is 0 Å². The highest BCUT2D eigenvalue weighted by molar-refractivity contribution is 9.10. The average molecular weight is 463 g/mol. The predicted octanol–water partition coefficient (Wildman–Crippen LogP) is 6.36. The van der Waals surface area contributed by atoms with E-state index >= 15 is 0 Å². The fraction of sp³-hybridized carbons (Fsp3) is 0. The lowest BCUT2D eigenvalue weighted by molar-refractivity contribution is -0.129. The van der Waals surface area contributed by atoms with Crippen LogP contribution < -0.4 is 0 Å². The van der Waals surface area contributed by atoms with Crippen molar-refractivity contribution in [3.8, 4) is 11.3 Å². The van der Waals surface area contributed by atoms with Gasteiger partial charge in [0.1, 0.15) is 11.5 Å². The summed E-state index contributed by atoms with van der Waals surface area (Å²) < 4.78 is 12.0. The number of carbonyl (C=O) groups excluding carboxylic acids is 1. The van der Waals surface area contributed by atoms with Gasteiger partial charge in [-0.25, -0.2) is 9.79 Å². The van der Waals surface area contributed by atoms with Crippen LogP contribution in [0.15, 0.2) is 74.2 Å². The Morgan fingerprint density at radius 1 is 1.00 bits per heavy atom. The topological polar surface area (TPSA) is 51.8 Å². The van der Waals surface area contributed by atoms with Gasteiger partial charge in [0, 0.05) is 21.1 Å². The Kier molecular flexibility index (Phi) is 4.91. The number of benzene rings is 2. The summed E-state index contributed by atoms with van der Waals surface area (Å²) in [5.74, 6) is 0.739. The lowest BCUT2D eigenvalue weighted by atomic mass is 10.2. The maximum absolute atomic E-state index is 12.1. The fourth-order valence-corrected chi connectivity index (χ4v) is 3.28. The van der Waals surface area contributed by atoms with Gasteiger partial charge in [-0.15, -0.1) is 0 Å². The average Bonchev–Trinajstić information content (AvgIpc) is 3.23. The molecule has 0 saturated heterocycles. The molecule has 0 aliphatic carbocycles. The molecular weight excluding hydrogens is 453 g/mol. The van der Waals surface area contributed by atoms with Crippen LogP contribution in [0.25, 0.3) is 17.4 Å². The normalized spacial score (nSPS) is 15.1. The number of hydrogen-bond donors (Lipinski definition) is 0. The molecule has 3 aromatic rings. The van der Waals surface area contributed by atoms with Gasteiger partial charge >= 0.3 is 5.97 Å². The SMILES string of the molecule is O=C1OC(c2ccc(Cl)cc2Cl)=N/C1=C/c1ccc(-c2ccc(Br)cc2)o1. The third-order valence-corrected chi connectivity index (χ3v) is 4.89. The van der Waals surface area contributed by atoms with Crippen molar-refractivity contribution < 1.29 is 13.9 Å². The van der Waals surface area contributed by atoms with E-state index in [1.807, 2.05) is 30.3 Å². The molecule has 134 valence electrons. The number of carbonyl (C=O) groups is 1. The number of aliphatic imine (C=N–C) groups is 1. The molecule has 0 N–H and O–H groups in total. The number of cyclic esters (lactones) is 1. The van der Waals surface area contributed by atoms with Gasteiger partial charge in [0.25, 0.3) is 0 Å². The van der Waals surface area contributed by atoms with Gasteiger partial charge in [-0.3, -0.25) is 0 Å². The first-order valence-corrected chi connectivity index (χ1v) is 9.38. The first kappa shape index (κ1) is 18.0. The maximum atomic E-state index is 12.1. The Bertz CT molecular complexity index is 1100. The number of esters is 1. The van der Waals surface area contributed by atoms with Crippen LogP contribution >= 0.6 is 39.1 Å². The molecule has 4 rings (SSSR count). The molecule has 0 fully saturated rings. The van der Waals surface area contributed by atoms with Gasteiger partial charge < -0.3 is 9.15 Å². The van der Waals surface area contributed by atoms with E-state index in [1.54, 1.807) is 24.3 Å². The van der Waals surface area contributed by atoms with E-state index in [-0.39, 0.29) is 11.6 Å². The smallest absolute Gasteiger partial charge is 0.363 e. The number of halogens is 3. The molecule has 27 heavy (non-hydrogen) atoms. The first-order chi connectivity index (χ1) is 13.0. The summed E-state index contributed by atoms with van der Waals surface area (Å²) in [6, 6.07) is 16.2. The summed E-state index contributed by atoms with van der Waals surface area (Å²) in [6.45, 7) is 0. The molecule has 2 aromatic carbocycles. The van der Waals surface area contributed by atoms with E-state index in [1.165, 1.54) is 6.08 Å². The Balaban J connectivity index is 1.63. The second-order valence-electron chi connectivity index (χ2n) is 5.67. The second-order valence-corrected chi connectivity index (χ2v) is 7.43. The molecule has 2 heterocycles. The third-order valence-electron chi connectivity index (χ3n) is 3.82. The van der Waals surface area contributed by atoms with Crippen LogP contribution in [0.2, 0.25) is 10.0 Å². The molecule has 0 unspecified atom stereocenters. The van der Waals surface area contributed by atoms with Crippen LogP contribution in [0.5, 0.6) is 0 Å². The molecule has 7 heteroatoms. The lowest BCUT2D eigenvalue weighted by Gasteiger charge is -2.02. The van der Waals surface area contributed by atoms with Crippen LogP contribution in [0.1, 0.15) is 11.3 Å². The van der Waals surface area contributed by atoms with Crippen molar-refractivity contribution in [3.63, 3.8) is 0 Å². The molecule has 1 aliphatic heterocycles. The molecule has 4 nitrogen and oxygen atoms in total. The monoisotopic (exact) mass is 461 g/mol. The van der Waals surface area contributed by atoms with E-state index in [2.05, 4.69) is 20.9 Å². The van der Waals surface area contributed by atoms with Crippen LogP contribution in [0.3, 0.4) is 0 Å². The minimum atomic E-state index is -0.572. The molecule has 0 amide bonds. The van der Waals surface area contributed by atoms with E-state index in [4.69, 9.17) is 32.4 Å². The van der Waals surface area contributed by atoms with Crippen LogP contribution in [-0.2, 0) is 9.53 Å². The zero-order valence-electron chi connectivity index (χ0n) is 13.6. The van der Waals surface area contributed by atoms with Gasteiger partial charge in [0.2, 0.25) is 5.90 Å². The van der Waals surface area contributed by atoms with Crippen LogP contribution in [0.4, 0.5) is 0 Å². The third kappa shape index (κ3) is 3.86. The summed E-state index contributed by atoms with van der Waals surface area (Å²) in [5, 5.41) is 0.839. The van der Waals surface area contributed by atoms with Crippen molar-refractivity contribution in [1.29, 1.82) is 0 Å². The molecule has 0 saturated carbocycles. The second kappa shape index (κ2) is 7.35. The maximum Gasteiger partial charge on any atom is 0.363 e. The lowest BCUT2D eigenvalue weighted by Crippen LogP contribution is -2.05. The van der Waals surface area contributed by atoms with Gasteiger partial charge in [0.05, 0.1) is 10.6 Å². The number of hydrogen-bond acceptors (Lipinski definition) is 4. The van der Waals surface area contributed by atoms with Crippen molar-refractivity contribution in [1.82, 2.24) is 0 Å². The highest BCUT2D eigenvalue weighted by Crippen LogP contribution is 2.28. The number of nitrogens with zero attached hydrogens (tertiary/aromatic N) is 1. The van der Waals surface area contributed by atoms with E-state index in [0.29, 0.717) is 27.1 Å². The Hall–Kier alpha value is -2.34. The molecule has 1 aliphatic rings. The zero-order valence-corrected chi connectivity index (χ0v) is 16.7. The van der Waals surface area contributed by atoms with Gasteiger partial charge in [-0.05, 0) is 42.5 Å². The van der Waals surface area contributed by atoms with Gasteiger partial charge in [-0.1, -0.05) is 51.3 Å². The number of ether oxygens (including phenoxy) is 1. The van der Waals surface area contributed by atoms with Gasteiger partial charge in [0.15, 0.2) is 5.70 Å². The Labute approximate surface area is 173 Å². The summed E-state index contributed by atoms with van der Waals surface area (Å²) in [6.07, 6.45) is 1.53. The Morgan fingerprint density at radius 2 is 1.78 bits per heavy atom. The summed E-state index contributed by atoms with van der Waals surface area (Å²) >= 11 is 15.4. The molecule has 0 radical (unpaired) electrons. The summed E-state index contributed by atoms with van der Waals surface area (Å²) in [5.41, 5.74) is 1.55. The minimum Gasteiger partial charge on any atom is -0.457 e. The number of furan rings is 1. The van der Waals surface area contributed by atoms with Gasteiger partial charge in [-0.2, -0.15) is 0 Å². The molecule has 0 spiro atoms. The minimum absolute atomic E-state index is 0.132. The van der Waals surface area contributed by atoms with Crippen molar-refractivity contribution in [2.75, 3.05) is 0 Å². The van der Waals surface area contributed by atoms with E-state index in [9.17, 15) is 4.79 Å². The molecule has 1 aromatic heterocycles. The quantitative estimate of drug-likeness (QED) is 0.336. The molecule has 0 bridgehead atoms. The zero-order chi connectivity index (χ0) is 19.0. The van der Waals surface area contributed by atoms with E-state index in [0.717, 1.165) is 10.0 Å². The van der Waals surface area contributed by atoms with Crippen LogP contribution in [0, 0.1) is 0 Å². The standard InChI is InChI=1S/C20H10BrCl2NO3/c21-12-3-1-11(2-4-12)18-8-6-14(26-18)10-17-20(25)27-19(24-17)15-7-5-13(22)9-16(15)23/h1-10H/b17-10+. The van der Waals surface area contributed by atoms with Crippen molar-refractivity contribution in [3.05, 3.63) is 86.1 Å². The predicted molar refractivity (Wildman–Crippen MR) is 109 cm³/mol. The fourth-order valence-electron chi connectivity index (χ4n) is 2.52. The van der Waals surface area contributed by atoms with Crippen LogP contribution in [-0.4, -0.2) is 11.9 Å². The first-order valence-electron chi connectivity index (χ1n) is 7.83. The summed E-state index contributed by atoms with van der Waals surface area (Å²) in [4.78, 5) is 16.4. The highest BCUT2D eigenvalue weighted by atomic mass is 79.9. The molecule has 0 atom stereocenters. The molecular formula is C20H10BrCl2NO3. The van der Waals surface area contributed by atoms with E-state index < -0.39 is 5.97 Å².